The van der Waals surface area contributed by atoms with Crippen molar-refractivity contribution < 1.29 is 19.5 Å². The summed E-state index contributed by atoms with van der Waals surface area (Å²) >= 11 is 0. The van der Waals surface area contributed by atoms with E-state index in [4.69, 9.17) is 0 Å². The second-order valence-corrected chi connectivity index (χ2v) is 5.57. The quantitative estimate of drug-likeness (QED) is 0.740. The van der Waals surface area contributed by atoms with Crippen LogP contribution < -0.4 is 0 Å². The summed E-state index contributed by atoms with van der Waals surface area (Å²) in [6.07, 6.45) is -1.09. The van der Waals surface area contributed by atoms with Crippen LogP contribution in [-0.4, -0.2) is 46.7 Å². The zero-order chi connectivity index (χ0) is 15.8. The van der Waals surface area contributed by atoms with Crippen molar-refractivity contribution >= 4 is 28.5 Å². The molecule has 2 heterocycles. The lowest BCUT2D eigenvalue weighted by Gasteiger charge is -2.33. The van der Waals surface area contributed by atoms with Crippen molar-refractivity contribution in [1.82, 2.24) is 9.80 Å². The molecule has 22 heavy (non-hydrogen) atoms. The van der Waals surface area contributed by atoms with Gasteiger partial charge in [0.1, 0.15) is 0 Å². The monoisotopic (exact) mass is 296 g/mol. The minimum atomic E-state index is -1.09. The van der Waals surface area contributed by atoms with E-state index in [-0.39, 0.29) is 5.91 Å². The van der Waals surface area contributed by atoms with Crippen LogP contribution in [0, 0.1) is 0 Å². The first-order chi connectivity index (χ1) is 10.4. The minimum absolute atomic E-state index is 0.331. The van der Waals surface area contributed by atoms with Gasteiger partial charge in [-0.05, 0) is 18.2 Å². The molecule has 0 aliphatic carbocycles. The SMILES string of the molecule is CN1C(=O)c2ccc3c4c(ccc(c24)C1=O)C(O)N(C)C3=O. The van der Waals surface area contributed by atoms with Gasteiger partial charge < -0.3 is 10.0 Å². The molecule has 2 aliphatic rings. The molecule has 1 N–H and O–H groups in total. The van der Waals surface area contributed by atoms with Gasteiger partial charge in [-0.25, -0.2) is 0 Å². The van der Waals surface area contributed by atoms with Crippen LogP contribution >= 0.6 is 0 Å². The lowest BCUT2D eigenvalue weighted by Crippen LogP contribution is -2.39. The largest absolute Gasteiger partial charge is 0.369 e. The van der Waals surface area contributed by atoms with Gasteiger partial charge in [0.2, 0.25) is 0 Å². The van der Waals surface area contributed by atoms with E-state index in [9.17, 15) is 19.5 Å². The molecule has 2 aromatic carbocycles. The van der Waals surface area contributed by atoms with Crippen molar-refractivity contribution in [1.29, 1.82) is 0 Å². The molecule has 0 bridgehead atoms. The van der Waals surface area contributed by atoms with Crippen LogP contribution in [-0.2, 0) is 0 Å². The van der Waals surface area contributed by atoms with E-state index in [0.717, 1.165) is 4.90 Å². The molecule has 0 fully saturated rings. The average molecular weight is 296 g/mol. The van der Waals surface area contributed by atoms with Gasteiger partial charge in [-0.3, -0.25) is 19.3 Å². The van der Waals surface area contributed by atoms with Gasteiger partial charge in [0.05, 0.1) is 0 Å². The predicted octanol–water partition coefficient (Wildman–Crippen LogP) is 1.14. The van der Waals surface area contributed by atoms with E-state index in [1.807, 2.05) is 0 Å². The van der Waals surface area contributed by atoms with Crippen molar-refractivity contribution in [2.24, 2.45) is 0 Å². The Morgan fingerprint density at radius 1 is 0.818 bits per heavy atom. The summed E-state index contributed by atoms with van der Waals surface area (Å²) < 4.78 is 0. The number of carbonyl (C=O) groups excluding carboxylic acids is 3. The molecule has 0 aromatic heterocycles. The number of aliphatic hydroxyl groups is 1. The molecular weight excluding hydrogens is 284 g/mol. The number of hydrogen-bond acceptors (Lipinski definition) is 4. The molecule has 0 saturated carbocycles. The number of nitrogens with zero attached hydrogens (tertiary/aromatic N) is 2. The van der Waals surface area contributed by atoms with Crippen molar-refractivity contribution in [3.8, 4) is 0 Å². The zero-order valence-electron chi connectivity index (χ0n) is 12.0. The third kappa shape index (κ3) is 1.30. The van der Waals surface area contributed by atoms with Gasteiger partial charge in [-0.1, -0.05) is 6.07 Å². The maximum Gasteiger partial charge on any atom is 0.261 e. The van der Waals surface area contributed by atoms with Crippen molar-refractivity contribution in [2.75, 3.05) is 14.1 Å². The Kier molecular flexibility index (Phi) is 2.31. The predicted molar refractivity (Wildman–Crippen MR) is 77.4 cm³/mol. The second kappa shape index (κ2) is 3.92. The number of hydrogen-bond donors (Lipinski definition) is 1. The summed E-state index contributed by atoms with van der Waals surface area (Å²) in [6.45, 7) is 0. The van der Waals surface area contributed by atoms with Crippen LogP contribution in [0.2, 0.25) is 0 Å². The van der Waals surface area contributed by atoms with Crippen molar-refractivity contribution in [2.45, 2.75) is 6.23 Å². The Labute approximate surface area is 125 Å². The highest BCUT2D eigenvalue weighted by Gasteiger charge is 2.37. The number of amides is 3. The molecule has 4 rings (SSSR count). The van der Waals surface area contributed by atoms with Gasteiger partial charge >= 0.3 is 0 Å². The first kappa shape index (κ1) is 13.0. The summed E-state index contributed by atoms with van der Waals surface area (Å²) in [5.41, 5.74) is 1.68. The summed E-state index contributed by atoms with van der Waals surface area (Å²) in [5, 5.41) is 11.3. The fourth-order valence-electron chi connectivity index (χ4n) is 3.24. The van der Waals surface area contributed by atoms with Crippen molar-refractivity contribution in [3.63, 3.8) is 0 Å². The van der Waals surface area contributed by atoms with Crippen LogP contribution in [0.1, 0.15) is 42.9 Å². The average Bonchev–Trinajstić information content (AvgIpc) is 2.53. The highest BCUT2D eigenvalue weighted by molar-refractivity contribution is 6.28. The standard InChI is InChI=1S/C16H12N2O4/c1-17-13(19)7-3-5-9-12-10(16(22)18(2)15(9)21)6-4-8(11(7)12)14(17)20/h3-6,13,19H,1-2H3. The van der Waals surface area contributed by atoms with E-state index >= 15 is 0 Å². The third-order valence-electron chi connectivity index (χ3n) is 4.46. The first-order valence-electron chi connectivity index (χ1n) is 6.80. The smallest absolute Gasteiger partial charge is 0.261 e. The van der Waals surface area contributed by atoms with Gasteiger partial charge in [0, 0.05) is 47.1 Å². The molecule has 1 unspecified atom stereocenters. The maximum absolute atomic E-state index is 12.4. The number of benzene rings is 2. The highest BCUT2D eigenvalue weighted by atomic mass is 16.3. The fraction of sp³-hybridized carbons (Fsp3) is 0.188. The molecule has 1 atom stereocenters. The minimum Gasteiger partial charge on any atom is -0.369 e. The topological polar surface area (TPSA) is 77.9 Å². The van der Waals surface area contributed by atoms with Gasteiger partial charge in [0.15, 0.2) is 6.23 Å². The van der Waals surface area contributed by atoms with Crippen LogP contribution in [0.25, 0.3) is 10.8 Å². The Balaban J connectivity index is 2.21. The lowest BCUT2D eigenvalue weighted by atomic mass is 9.86. The molecule has 0 saturated heterocycles. The number of rotatable bonds is 0. The van der Waals surface area contributed by atoms with Gasteiger partial charge in [-0.2, -0.15) is 0 Å². The zero-order valence-corrected chi connectivity index (χ0v) is 12.0. The fourth-order valence-corrected chi connectivity index (χ4v) is 3.24. The van der Waals surface area contributed by atoms with E-state index in [1.54, 1.807) is 24.3 Å². The molecule has 2 aromatic rings. The van der Waals surface area contributed by atoms with E-state index in [1.165, 1.54) is 19.0 Å². The Morgan fingerprint density at radius 3 is 1.91 bits per heavy atom. The molecule has 0 spiro atoms. The summed E-state index contributed by atoms with van der Waals surface area (Å²) in [6, 6.07) is 6.39. The lowest BCUT2D eigenvalue weighted by molar-refractivity contribution is 0.0173. The van der Waals surface area contributed by atoms with Crippen LogP contribution in [0.4, 0.5) is 0 Å². The Hall–Kier alpha value is -2.73. The number of carbonyl (C=O) groups is 3. The molecule has 0 radical (unpaired) electrons. The van der Waals surface area contributed by atoms with Crippen molar-refractivity contribution in [3.05, 3.63) is 46.5 Å². The molecular formula is C16H12N2O4. The number of imide groups is 1. The van der Waals surface area contributed by atoms with E-state index in [2.05, 4.69) is 0 Å². The van der Waals surface area contributed by atoms with Crippen LogP contribution in [0.5, 0.6) is 0 Å². The third-order valence-corrected chi connectivity index (χ3v) is 4.46. The van der Waals surface area contributed by atoms with Crippen LogP contribution in [0.3, 0.4) is 0 Å². The summed E-state index contributed by atoms with van der Waals surface area (Å²) in [7, 11) is 2.94. The molecule has 6 heteroatoms. The molecule has 6 nitrogen and oxygen atoms in total. The summed E-state index contributed by atoms with van der Waals surface area (Å²) in [4.78, 5) is 39.3. The number of aliphatic hydroxyl groups excluding tert-OH is 1. The first-order valence-corrected chi connectivity index (χ1v) is 6.80. The van der Waals surface area contributed by atoms with E-state index in [0.29, 0.717) is 33.0 Å². The van der Waals surface area contributed by atoms with Crippen LogP contribution in [0.15, 0.2) is 24.3 Å². The molecule has 110 valence electrons. The Bertz CT molecular complexity index is 880. The normalized spacial score (nSPS) is 20.1. The van der Waals surface area contributed by atoms with E-state index < -0.39 is 18.0 Å². The molecule has 2 aliphatic heterocycles. The van der Waals surface area contributed by atoms with Gasteiger partial charge in [0.25, 0.3) is 17.7 Å². The maximum atomic E-state index is 12.4. The molecule has 3 amide bonds. The highest BCUT2D eigenvalue weighted by Crippen LogP contribution is 2.40. The second-order valence-electron chi connectivity index (χ2n) is 5.57. The Morgan fingerprint density at radius 2 is 1.32 bits per heavy atom. The van der Waals surface area contributed by atoms with Gasteiger partial charge in [-0.15, -0.1) is 0 Å². The summed E-state index contributed by atoms with van der Waals surface area (Å²) in [5.74, 6) is -1.13.